The summed E-state index contributed by atoms with van der Waals surface area (Å²) >= 11 is 0. The molecule has 2 aliphatic heterocycles. The second-order valence-corrected chi connectivity index (χ2v) is 9.33. The van der Waals surface area contributed by atoms with Crippen LogP contribution in [0.1, 0.15) is 42.9 Å². The van der Waals surface area contributed by atoms with Gasteiger partial charge in [-0.25, -0.2) is 9.97 Å². The van der Waals surface area contributed by atoms with Crippen LogP contribution in [0.4, 0.5) is 29.2 Å². The molecular formula is C25H31F4N5O3. The molecule has 0 aliphatic carbocycles. The smallest absolute Gasteiger partial charge is 0.381 e. The number of carbonyl (C=O) groups is 1. The predicted molar refractivity (Wildman–Crippen MR) is 129 cm³/mol. The van der Waals surface area contributed by atoms with Gasteiger partial charge in [0.1, 0.15) is 12.1 Å². The number of anilines is 2. The van der Waals surface area contributed by atoms with Crippen LogP contribution in [-0.4, -0.2) is 61.8 Å². The van der Waals surface area contributed by atoms with Gasteiger partial charge >= 0.3 is 6.18 Å². The number of nitrogens with zero attached hydrogens (tertiary/aromatic N) is 3. The molecule has 1 aromatic carbocycles. The Morgan fingerprint density at radius 3 is 2.54 bits per heavy atom. The van der Waals surface area contributed by atoms with Crippen molar-refractivity contribution < 1.29 is 31.8 Å². The average Bonchev–Trinajstić information content (AvgIpc) is 2.91. The average molecular weight is 526 g/mol. The van der Waals surface area contributed by atoms with Crippen molar-refractivity contribution in [3.63, 3.8) is 0 Å². The minimum Gasteiger partial charge on any atom is -0.381 e. The molecule has 0 unspecified atom stereocenters. The normalized spacial score (nSPS) is 20.0. The maximum Gasteiger partial charge on any atom is 0.416 e. The van der Waals surface area contributed by atoms with Crippen molar-refractivity contribution in [1.82, 2.24) is 9.97 Å². The first-order valence-electron chi connectivity index (χ1n) is 12.3. The minimum atomic E-state index is -4.45. The molecule has 3 heterocycles. The Morgan fingerprint density at radius 2 is 1.86 bits per heavy atom. The third-order valence-electron chi connectivity index (χ3n) is 7.04. The van der Waals surface area contributed by atoms with E-state index < -0.39 is 29.0 Å². The highest BCUT2D eigenvalue weighted by atomic mass is 19.4. The molecule has 2 fully saturated rings. The lowest BCUT2D eigenvalue weighted by atomic mass is 9.75. The van der Waals surface area contributed by atoms with E-state index in [0.717, 1.165) is 12.1 Å². The monoisotopic (exact) mass is 525 g/mol. The third-order valence-corrected chi connectivity index (χ3v) is 7.04. The number of ether oxygens (including phenoxy) is 2. The lowest BCUT2D eigenvalue weighted by Crippen LogP contribution is -2.43. The van der Waals surface area contributed by atoms with E-state index in [1.54, 1.807) is 4.90 Å². The van der Waals surface area contributed by atoms with Crippen molar-refractivity contribution in [3.8, 4) is 0 Å². The fraction of sp³-hybridized carbons (Fsp3) is 0.560. The van der Waals surface area contributed by atoms with Gasteiger partial charge in [0.05, 0.1) is 30.2 Å². The van der Waals surface area contributed by atoms with E-state index in [4.69, 9.17) is 15.2 Å². The second-order valence-electron chi connectivity index (χ2n) is 9.33. The predicted octanol–water partition coefficient (Wildman–Crippen LogP) is 3.73. The number of hydrogen-bond donors (Lipinski definition) is 2. The Hall–Kier alpha value is -2.83. The number of nitrogens with one attached hydrogen (secondary N) is 1. The van der Waals surface area contributed by atoms with Crippen LogP contribution in [0.5, 0.6) is 0 Å². The number of benzene rings is 1. The van der Waals surface area contributed by atoms with E-state index in [1.165, 1.54) is 18.5 Å². The number of halogens is 4. The number of aromatic nitrogens is 2. The molecule has 4 rings (SSSR count). The molecule has 0 bridgehead atoms. The molecule has 0 spiro atoms. The molecule has 2 aromatic rings. The van der Waals surface area contributed by atoms with Crippen molar-refractivity contribution in [3.05, 3.63) is 47.5 Å². The van der Waals surface area contributed by atoms with Crippen molar-refractivity contribution in [2.75, 3.05) is 56.3 Å². The fourth-order valence-corrected chi connectivity index (χ4v) is 4.81. The van der Waals surface area contributed by atoms with Gasteiger partial charge in [-0.1, -0.05) is 12.1 Å². The molecule has 3 N–H and O–H groups in total. The fourth-order valence-electron chi connectivity index (χ4n) is 4.81. The number of morpholine rings is 1. The Kier molecular flexibility index (Phi) is 8.60. The zero-order valence-corrected chi connectivity index (χ0v) is 20.4. The summed E-state index contributed by atoms with van der Waals surface area (Å²) in [7, 11) is 0. The molecule has 0 amide bonds. The van der Waals surface area contributed by atoms with Crippen LogP contribution in [0.25, 0.3) is 0 Å². The van der Waals surface area contributed by atoms with Gasteiger partial charge in [0, 0.05) is 32.7 Å². The van der Waals surface area contributed by atoms with Crippen molar-refractivity contribution in [1.29, 1.82) is 0 Å². The molecule has 1 atom stereocenters. The first-order valence-corrected chi connectivity index (χ1v) is 12.3. The number of carbonyl (C=O) groups excluding carboxylic acids is 1. The van der Waals surface area contributed by atoms with E-state index in [2.05, 4.69) is 15.3 Å². The summed E-state index contributed by atoms with van der Waals surface area (Å²) in [5.41, 5.74) is 4.66. The first-order chi connectivity index (χ1) is 17.7. The van der Waals surface area contributed by atoms with E-state index in [1.807, 2.05) is 0 Å². The van der Waals surface area contributed by atoms with Crippen molar-refractivity contribution >= 4 is 17.4 Å². The van der Waals surface area contributed by atoms with Crippen LogP contribution in [0, 0.1) is 11.2 Å². The standard InChI is InChI=1S/C25H31F4N5O3/c26-21-22(31-15-24(7-11-36-12-8-24)20(35)2-1-9-30)32-16-33-23(21)34-10-13-37-14-19(34)17-3-5-18(6-4-17)25(27,28)29/h3-6,16,19H,1-2,7-15,30H2,(H,31,32,33)/t19-/m1/s1. The number of Topliss-reactive ketones (excluding diaryl/α,β-unsaturated/α-hetero) is 1. The second kappa shape index (κ2) is 11.7. The van der Waals surface area contributed by atoms with E-state index in [9.17, 15) is 18.0 Å². The molecule has 2 aliphatic rings. The summed E-state index contributed by atoms with van der Waals surface area (Å²) in [5.74, 6) is -0.654. The molecule has 8 nitrogen and oxygen atoms in total. The molecule has 2 saturated heterocycles. The van der Waals surface area contributed by atoms with Gasteiger partial charge in [-0.05, 0) is 43.5 Å². The third kappa shape index (κ3) is 6.19. The molecule has 1 aromatic heterocycles. The Labute approximate surface area is 212 Å². The maximum absolute atomic E-state index is 15.7. The van der Waals surface area contributed by atoms with Crippen LogP contribution in [0.15, 0.2) is 30.6 Å². The summed E-state index contributed by atoms with van der Waals surface area (Å²) < 4.78 is 65.7. The Balaban J connectivity index is 1.55. The number of hydrogen-bond acceptors (Lipinski definition) is 8. The quantitative estimate of drug-likeness (QED) is 0.478. The summed E-state index contributed by atoms with van der Waals surface area (Å²) in [6.07, 6.45) is -1.26. The molecule has 202 valence electrons. The highest BCUT2D eigenvalue weighted by molar-refractivity contribution is 5.85. The Morgan fingerprint density at radius 1 is 1.14 bits per heavy atom. The van der Waals surface area contributed by atoms with Gasteiger partial charge in [-0.15, -0.1) is 0 Å². The molecule has 37 heavy (non-hydrogen) atoms. The molecule has 12 heteroatoms. The van der Waals surface area contributed by atoms with E-state index in [-0.39, 0.29) is 37.1 Å². The summed E-state index contributed by atoms with van der Waals surface area (Å²) in [4.78, 5) is 22.9. The van der Waals surface area contributed by atoms with Gasteiger partial charge < -0.3 is 25.4 Å². The highest BCUT2D eigenvalue weighted by Gasteiger charge is 2.39. The summed E-state index contributed by atoms with van der Waals surface area (Å²) in [6.45, 7) is 2.25. The number of ketones is 1. The minimum absolute atomic E-state index is 0.0150. The van der Waals surface area contributed by atoms with E-state index in [0.29, 0.717) is 57.6 Å². The zero-order valence-electron chi connectivity index (χ0n) is 20.4. The van der Waals surface area contributed by atoms with Crippen molar-refractivity contribution in [2.24, 2.45) is 11.1 Å². The largest absolute Gasteiger partial charge is 0.416 e. The van der Waals surface area contributed by atoms with Crippen LogP contribution < -0.4 is 16.0 Å². The van der Waals surface area contributed by atoms with Gasteiger partial charge in [0.15, 0.2) is 11.6 Å². The Bertz CT molecular complexity index is 1060. The molecule has 0 radical (unpaired) electrons. The van der Waals surface area contributed by atoms with Gasteiger partial charge in [-0.2, -0.15) is 17.6 Å². The molecule has 0 saturated carbocycles. The van der Waals surface area contributed by atoms with Crippen LogP contribution in [0.3, 0.4) is 0 Å². The SMILES string of the molecule is NCCCC(=O)C1(CNc2ncnc(N3CCOC[C@@H]3c3ccc(C(F)(F)F)cc3)c2F)CCOCC1. The van der Waals surface area contributed by atoms with Crippen LogP contribution >= 0.6 is 0 Å². The zero-order chi connectivity index (χ0) is 26.5. The van der Waals surface area contributed by atoms with E-state index >= 15 is 4.39 Å². The first kappa shape index (κ1) is 27.2. The maximum atomic E-state index is 15.7. The lowest BCUT2D eigenvalue weighted by molar-refractivity contribution is -0.137. The van der Waals surface area contributed by atoms with Crippen LogP contribution in [-0.2, 0) is 20.4 Å². The van der Waals surface area contributed by atoms with Crippen LogP contribution in [0.2, 0.25) is 0 Å². The van der Waals surface area contributed by atoms with Gasteiger partial charge in [0.25, 0.3) is 0 Å². The highest BCUT2D eigenvalue weighted by Crippen LogP contribution is 2.36. The van der Waals surface area contributed by atoms with Crippen molar-refractivity contribution in [2.45, 2.75) is 37.9 Å². The molecular weight excluding hydrogens is 494 g/mol. The number of nitrogens with two attached hydrogens (primary N) is 1. The summed E-state index contributed by atoms with van der Waals surface area (Å²) in [5, 5.41) is 3.02. The summed E-state index contributed by atoms with van der Waals surface area (Å²) in [6, 6.07) is 4.21. The lowest BCUT2D eigenvalue weighted by Gasteiger charge is -2.37. The topological polar surface area (TPSA) is 103 Å². The number of alkyl halides is 3. The van der Waals surface area contributed by atoms with Gasteiger partial charge in [0.2, 0.25) is 5.82 Å². The van der Waals surface area contributed by atoms with Gasteiger partial charge in [-0.3, -0.25) is 4.79 Å². The number of rotatable bonds is 9.